The van der Waals surface area contributed by atoms with E-state index in [1.54, 1.807) is 6.07 Å². The monoisotopic (exact) mass is 302 g/mol. The van der Waals surface area contributed by atoms with Crippen LogP contribution >= 0.6 is 0 Å². The van der Waals surface area contributed by atoms with Crippen molar-refractivity contribution in [1.82, 2.24) is 9.62 Å². The smallest absolute Gasteiger partial charge is 0.276 e. The van der Waals surface area contributed by atoms with E-state index in [-0.39, 0.29) is 11.1 Å². The minimum Gasteiger partial charge on any atom is -0.447 e. The Hall–Kier alpha value is -0.890. The van der Waals surface area contributed by atoms with Crippen LogP contribution < -0.4 is 5.32 Å². The summed E-state index contributed by atoms with van der Waals surface area (Å²) in [5.41, 5.74) is 0. The molecule has 0 bridgehead atoms. The van der Waals surface area contributed by atoms with Gasteiger partial charge < -0.3 is 14.5 Å². The fourth-order valence-electron chi connectivity index (χ4n) is 2.08. The van der Waals surface area contributed by atoms with Gasteiger partial charge in [-0.3, -0.25) is 0 Å². The maximum atomic E-state index is 12.5. The second kappa shape index (κ2) is 6.26. The molecular formula is C13H22N2O4S. The van der Waals surface area contributed by atoms with Gasteiger partial charge in [0.15, 0.2) is 0 Å². The first-order chi connectivity index (χ1) is 9.41. The number of morpholine rings is 1. The van der Waals surface area contributed by atoms with Crippen molar-refractivity contribution < 1.29 is 17.6 Å². The lowest BCUT2D eigenvalue weighted by molar-refractivity contribution is 0.0386. The number of hydrogen-bond donors (Lipinski definition) is 1. The van der Waals surface area contributed by atoms with Crippen LogP contribution in [-0.2, 0) is 21.3 Å². The van der Waals surface area contributed by atoms with E-state index < -0.39 is 10.0 Å². The number of nitrogens with one attached hydrogen (secondary N) is 1. The highest BCUT2D eigenvalue weighted by Gasteiger charge is 2.33. The molecule has 0 saturated carbocycles. The molecule has 0 radical (unpaired) electrons. The predicted molar refractivity (Wildman–Crippen MR) is 74.9 cm³/mol. The summed E-state index contributed by atoms with van der Waals surface area (Å²) in [7, 11) is -3.57. The maximum Gasteiger partial charge on any atom is 0.276 e. The molecule has 1 saturated heterocycles. The van der Waals surface area contributed by atoms with E-state index in [4.69, 9.17) is 9.15 Å². The molecule has 1 aromatic rings. The minimum atomic E-state index is -3.57. The third-order valence-electron chi connectivity index (χ3n) is 3.19. The summed E-state index contributed by atoms with van der Waals surface area (Å²) in [6.07, 6.45) is 0. The van der Waals surface area contributed by atoms with Gasteiger partial charge in [-0.2, -0.15) is 4.31 Å². The Morgan fingerprint density at radius 1 is 1.45 bits per heavy atom. The summed E-state index contributed by atoms with van der Waals surface area (Å²) >= 11 is 0. The molecular weight excluding hydrogens is 280 g/mol. The molecule has 1 aliphatic rings. The Balaban J connectivity index is 2.13. The largest absolute Gasteiger partial charge is 0.447 e. The molecule has 0 amide bonds. The zero-order chi connectivity index (χ0) is 14.8. The number of nitrogens with zero attached hydrogens (tertiary/aromatic N) is 1. The van der Waals surface area contributed by atoms with Crippen molar-refractivity contribution in [3.8, 4) is 0 Å². The third-order valence-corrected chi connectivity index (χ3v) is 5.08. The van der Waals surface area contributed by atoms with Crippen LogP contribution in [0.25, 0.3) is 0 Å². The highest BCUT2D eigenvalue weighted by Crippen LogP contribution is 2.22. The summed E-state index contributed by atoms with van der Waals surface area (Å²) in [6, 6.07) is 3.37. The molecule has 1 N–H and O–H groups in total. The molecule has 1 unspecified atom stereocenters. The van der Waals surface area contributed by atoms with E-state index in [2.05, 4.69) is 5.32 Å². The lowest BCUT2D eigenvalue weighted by Gasteiger charge is -2.31. The summed E-state index contributed by atoms with van der Waals surface area (Å²) in [4.78, 5) is 0. The van der Waals surface area contributed by atoms with E-state index in [1.807, 2.05) is 20.8 Å². The highest BCUT2D eigenvalue weighted by atomic mass is 32.2. The van der Waals surface area contributed by atoms with Crippen molar-refractivity contribution in [3.63, 3.8) is 0 Å². The van der Waals surface area contributed by atoms with Gasteiger partial charge in [0, 0.05) is 18.6 Å². The van der Waals surface area contributed by atoms with E-state index >= 15 is 0 Å². The molecule has 0 spiro atoms. The Morgan fingerprint density at radius 3 is 2.85 bits per heavy atom. The van der Waals surface area contributed by atoms with Crippen LogP contribution in [0.4, 0.5) is 0 Å². The van der Waals surface area contributed by atoms with Gasteiger partial charge in [-0.15, -0.1) is 0 Å². The van der Waals surface area contributed by atoms with Crippen molar-refractivity contribution >= 4 is 10.0 Å². The lowest BCUT2D eigenvalue weighted by Crippen LogP contribution is -2.46. The van der Waals surface area contributed by atoms with Crippen LogP contribution in [0.5, 0.6) is 0 Å². The third kappa shape index (κ3) is 3.41. The first kappa shape index (κ1) is 15.5. The lowest BCUT2D eigenvalue weighted by atomic mass is 10.3. The van der Waals surface area contributed by atoms with Gasteiger partial charge in [0.2, 0.25) is 5.09 Å². The van der Waals surface area contributed by atoms with Gasteiger partial charge in [-0.25, -0.2) is 8.42 Å². The van der Waals surface area contributed by atoms with Crippen molar-refractivity contribution in [3.05, 3.63) is 17.9 Å². The van der Waals surface area contributed by atoms with Crippen molar-refractivity contribution in [1.29, 1.82) is 0 Å². The van der Waals surface area contributed by atoms with Crippen molar-refractivity contribution in [2.45, 2.75) is 44.5 Å². The summed E-state index contributed by atoms with van der Waals surface area (Å²) in [5, 5.41) is 3.20. The minimum absolute atomic E-state index is 0.00630. The Bertz CT molecular complexity index is 538. The van der Waals surface area contributed by atoms with Gasteiger partial charge in [-0.1, -0.05) is 13.8 Å². The molecule has 0 aliphatic carbocycles. The van der Waals surface area contributed by atoms with E-state index in [0.29, 0.717) is 38.1 Å². The zero-order valence-electron chi connectivity index (χ0n) is 12.1. The molecule has 2 heterocycles. The molecule has 0 aromatic carbocycles. The SMILES string of the molecule is CC(C)NCc1ccc(S(=O)(=O)N2CCOCC2C)o1. The average molecular weight is 302 g/mol. The Kier molecular flexibility index (Phi) is 4.85. The van der Waals surface area contributed by atoms with Crippen LogP contribution in [0.1, 0.15) is 26.5 Å². The van der Waals surface area contributed by atoms with Gasteiger partial charge in [0.1, 0.15) is 5.76 Å². The van der Waals surface area contributed by atoms with Crippen molar-refractivity contribution in [2.75, 3.05) is 19.8 Å². The average Bonchev–Trinajstić information content (AvgIpc) is 2.86. The van der Waals surface area contributed by atoms with E-state index in [0.717, 1.165) is 0 Å². The first-order valence-corrected chi connectivity index (χ1v) is 8.27. The molecule has 7 heteroatoms. The fraction of sp³-hybridized carbons (Fsp3) is 0.692. The molecule has 2 rings (SSSR count). The molecule has 1 fully saturated rings. The normalized spacial score (nSPS) is 21.5. The second-order valence-electron chi connectivity index (χ2n) is 5.30. The number of ether oxygens (including phenoxy) is 1. The molecule has 6 nitrogen and oxygen atoms in total. The van der Waals surface area contributed by atoms with Crippen LogP contribution in [0.3, 0.4) is 0 Å². The molecule has 1 atom stereocenters. The van der Waals surface area contributed by atoms with E-state index in [9.17, 15) is 8.42 Å². The molecule has 1 aliphatic heterocycles. The van der Waals surface area contributed by atoms with Crippen molar-refractivity contribution in [2.24, 2.45) is 0 Å². The fourth-order valence-corrected chi connectivity index (χ4v) is 3.61. The molecule has 20 heavy (non-hydrogen) atoms. The number of furan rings is 1. The summed E-state index contributed by atoms with van der Waals surface area (Å²) in [6.45, 7) is 7.61. The van der Waals surface area contributed by atoms with E-state index in [1.165, 1.54) is 10.4 Å². The standard InChI is InChI=1S/C13H22N2O4S/c1-10(2)14-8-12-4-5-13(19-12)20(16,17)15-6-7-18-9-11(15)3/h4-5,10-11,14H,6-9H2,1-3H3. The number of hydrogen-bond acceptors (Lipinski definition) is 5. The Morgan fingerprint density at radius 2 is 2.20 bits per heavy atom. The van der Waals surface area contributed by atoms with Crippen LogP contribution in [-0.4, -0.2) is 44.6 Å². The predicted octanol–water partition coefficient (Wildman–Crippen LogP) is 1.19. The van der Waals surface area contributed by atoms with Gasteiger partial charge >= 0.3 is 0 Å². The van der Waals surface area contributed by atoms with Crippen LogP contribution in [0.2, 0.25) is 0 Å². The Labute approximate surface area is 120 Å². The summed E-state index contributed by atoms with van der Waals surface area (Å²) in [5.74, 6) is 0.623. The quantitative estimate of drug-likeness (QED) is 0.884. The first-order valence-electron chi connectivity index (χ1n) is 6.83. The van der Waals surface area contributed by atoms with Gasteiger partial charge in [0.05, 0.1) is 19.8 Å². The van der Waals surface area contributed by atoms with Gasteiger partial charge in [-0.05, 0) is 19.1 Å². The molecule has 1 aromatic heterocycles. The van der Waals surface area contributed by atoms with Crippen LogP contribution in [0.15, 0.2) is 21.6 Å². The number of sulfonamides is 1. The second-order valence-corrected chi connectivity index (χ2v) is 7.12. The number of rotatable bonds is 5. The summed E-state index contributed by atoms with van der Waals surface area (Å²) < 4.78 is 37.2. The van der Waals surface area contributed by atoms with Gasteiger partial charge in [0.25, 0.3) is 10.0 Å². The van der Waals surface area contributed by atoms with Crippen LogP contribution in [0, 0.1) is 0 Å². The maximum absolute atomic E-state index is 12.5. The zero-order valence-corrected chi connectivity index (χ0v) is 12.9. The topological polar surface area (TPSA) is 71.8 Å². The highest BCUT2D eigenvalue weighted by molar-refractivity contribution is 7.89. The molecule has 114 valence electrons.